The van der Waals surface area contributed by atoms with E-state index < -0.39 is 11.4 Å². The molecule has 10 atom stereocenters. The molecule has 0 aromatic carbocycles. The van der Waals surface area contributed by atoms with E-state index in [2.05, 4.69) is 51.8 Å². The highest BCUT2D eigenvalue weighted by molar-refractivity contribution is 5.81. The number of nitrogens with one attached hydrogen (secondary N) is 1. The predicted octanol–water partition coefficient (Wildman–Crippen LogP) is 7.86. The lowest BCUT2D eigenvalue weighted by Crippen LogP contribution is -2.66. The zero-order valence-electron chi connectivity index (χ0n) is 31.0. The minimum atomic E-state index is -1.13. The number of hydrogen-bond donors (Lipinski definition) is 2. The third-order valence-electron chi connectivity index (χ3n) is 16.5. The monoisotopic (exact) mass is 654 g/mol. The van der Waals surface area contributed by atoms with Gasteiger partial charge in [-0.2, -0.15) is 0 Å². The van der Waals surface area contributed by atoms with E-state index in [1.54, 1.807) is 13.8 Å². The zero-order chi connectivity index (χ0) is 34.2. The molecule has 1 saturated heterocycles. The lowest BCUT2D eigenvalue weighted by atomic mass is 9.32. The number of carboxylic acid groups (broad SMARTS) is 1. The second-order valence-electron chi connectivity index (χ2n) is 19.3. The molecule has 47 heavy (non-hydrogen) atoms. The number of ether oxygens (including phenoxy) is 1. The van der Waals surface area contributed by atoms with Gasteiger partial charge in [0.25, 0.3) is 0 Å². The Kier molecular flexibility index (Phi) is 8.99. The van der Waals surface area contributed by atoms with Crippen molar-refractivity contribution in [1.82, 2.24) is 10.2 Å². The minimum absolute atomic E-state index is 0.0971. The molecule has 0 bridgehead atoms. The lowest BCUT2D eigenvalue weighted by Gasteiger charge is -2.72. The fourth-order valence-electron chi connectivity index (χ4n) is 13.7. The number of aliphatic carboxylic acids is 1. The molecule has 2 unspecified atom stereocenters. The summed E-state index contributed by atoms with van der Waals surface area (Å²) in [6.45, 7) is 20.7. The third kappa shape index (κ3) is 5.50. The van der Waals surface area contributed by atoms with Gasteiger partial charge >= 0.3 is 11.9 Å². The summed E-state index contributed by atoms with van der Waals surface area (Å²) in [6.07, 6.45) is 14.7. The Morgan fingerprint density at radius 3 is 2.30 bits per heavy atom. The Balaban J connectivity index is 1.18. The van der Waals surface area contributed by atoms with Gasteiger partial charge in [0.15, 0.2) is 0 Å². The number of nitrogens with zero attached hydrogens (tertiary/aromatic N) is 1. The first-order valence-corrected chi connectivity index (χ1v) is 19.4. The average Bonchev–Trinajstić information content (AvgIpc) is 3.62. The molecule has 5 saturated carbocycles. The van der Waals surface area contributed by atoms with Crippen LogP contribution in [-0.2, 0) is 19.1 Å². The van der Waals surface area contributed by atoms with E-state index in [4.69, 9.17) is 4.74 Å². The van der Waals surface area contributed by atoms with Gasteiger partial charge in [-0.1, -0.05) is 48.0 Å². The van der Waals surface area contributed by atoms with Gasteiger partial charge in [0, 0.05) is 31.0 Å². The Labute approximate surface area is 285 Å². The summed E-state index contributed by atoms with van der Waals surface area (Å²) < 4.78 is 6.16. The van der Waals surface area contributed by atoms with Crippen LogP contribution in [0.5, 0.6) is 0 Å². The Hall–Kier alpha value is -1.63. The van der Waals surface area contributed by atoms with Crippen LogP contribution in [-0.4, -0.2) is 59.6 Å². The van der Waals surface area contributed by atoms with Crippen LogP contribution in [0.4, 0.5) is 0 Å². The molecule has 0 aromatic heterocycles. The van der Waals surface area contributed by atoms with E-state index in [9.17, 15) is 19.5 Å². The van der Waals surface area contributed by atoms with Crippen molar-refractivity contribution in [2.75, 3.05) is 19.6 Å². The standard InChI is InChI=1S/C40H66N2O5/c1-9-41-26-16-22-42(25-26)32(43)23-40-17-10-11-28(40)27-12-13-30-37(6)18-15-31(47-33(44)24-35(2,3)34(45)46)36(4,5)29(37)14-19-39(30,8)38(27,7)20-21-40/h26-31,41H,9-25H2,1-8H3,(H,45,46)/t26-,27-,28-,29?,30?,31+,37+,38-,39-,40-/m1/s1. The fourth-order valence-corrected chi connectivity index (χ4v) is 13.7. The molecule has 2 N–H and O–H groups in total. The fraction of sp³-hybridized carbons (Fsp3) is 0.925. The smallest absolute Gasteiger partial charge is 0.309 e. The first-order valence-electron chi connectivity index (χ1n) is 19.4. The summed E-state index contributed by atoms with van der Waals surface area (Å²) >= 11 is 0. The van der Waals surface area contributed by atoms with Gasteiger partial charge in [-0.15, -0.1) is 0 Å². The van der Waals surface area contributed by atoms with Crippen molar-refractivity contribution in [2.24, 2.45) is 56.2 Å². The van der Waals surface area contributed by atoms with Gasteiger partial charge in [0.05, 0.1) is 11.8 Å². The molecule has 6 aliphatic rings. The van der Waals surface area contributed by atoms with Crippen LogP contribution in [0.15, 0.2) is 0 Å². The summed E-state index contributed by atoms with van der Waals surface area (Å²) in [5.41, 5.74) is -0.361. The molecular formula is C40H66N2O5. The van der Waals surface area contributed by atoms with Gasteiger partial charge < -0.3 is 20.1 Å². The van der Waals surface area contributed by atoms with Crippen molar-refractivity contribution in [1.29, 1.82) is 0 Å². The molecule has 7 nitrogen and oxygen atoms in total. The number of rotatable bonds is 8. The number of carboxylic acids is 1. The minimum Gasteiger partial charge on any atom is -0.481 e. The zero-order valence-corrected chi connectivity index (χ0v) is 31.0. The molecule has 7 heteroatoms. The van der Waals surface area contributed by atoms with Crippen LogP contribution in [0.25, 0.3) is 0 Å². The second-order valence-corrected chi connectivity index (χ2v) is 19.3. The number of fused-ring (bicyclic) bond motifs is 7. The van der Waals surface area contributed by atoms with E-state index in [1.165, 1.54) is 51.4 Å². The molecule has 6 rings (SSSR count). The van der Waals surface area contributed by atoms with Gasteiger partial charge in [0.1, 0.15) is 6.10 Å². The lowest BCUT2D eigenvalue weighted by molar-refractivity contribution is -0.248. The number of carbonyl (C=O) groups is 3. The number of esters is 1. The summed E-state index contributed by atoms with van der Waals surface area (Å²) in [5.74, 6) is 1.54. The molecule has 5 aliphatic carbocycles. The molecule has 0 radical (unpaired) electrons. The maximum Gasteiger partial charge on any atom is 0.309 e. The number of hydrogen-bond acceptors (Lipinski definition) is 5. The largest absolute Gasteiger partial charge is 0.481 e. The average molecular weight is 655 g/mol. The Morgan fingerprint density at radius 1 is 0.851 bits per heavy atom. The first-order chi connectivity index (χ1) is 21.9. The van der Waals surface area contributed by atoms with E-state index in [1.807, 2.05) is 0 Å². The molecule has 266 valence electrons. The van der Waals surface area contributed by atoms with Crippen LogP contribution in [0, 0.1) is 56.2 Å². The molecule has 0 spiro atoms. The van der Waals surface area contributed by atoms with Crippen LogP contribution in [0.3, 0.4) is 0 Å². The maximum absolute atomic E-state index is 13.8. The predicted molar refractivity (Wildman–Crippen MR) is 184 cm³/mol. The van der Waals surface area contributed by atoms with Crippen molar-refractivity contribution < 1.29 is 24.2 Å². The summed E-state index contributed by atoms with van der Waals surface area (Å²) in [5, 5.41) is 13.1. The van der Waals surface area contributed by atoms with E-state index in [0.717, 1.165) is 51.7 Å². The van der Waals surface area contributed by atoms with Gasteiger partial charge in [0.2, 0.25) is 5.91 Å². The highest BCUT2D eigenvalue weighted by Gasteiger charge is 2.70. The van der Waals surface area contributed by atoms with Crippen LogP contribution >= 0.6 is 0 Å². The van der Waals surface area contributed by atoms with Crippen molar-refractivity contribution in [3.8, 4) is 0 Å². The highest BCUT2D eigenvalue weighted by atomic mass is 16.5. The number of likely N-dealkylation sites (tertiary alicyclic amines) is 1. The molecule has 1 amide bonds. The van der Waals surface area contributed by atoms with Gasteiger partial charge in [-0.3, -0.25) is 14.4 Å². The van der Waals surface area contributed by atoms with E-state index >= 15 is 0 Å². The summed E-state index contributed by atoms with van der Waals surface area (Å²) in [4.78, 5) is 40.7. The first kappa shape index (κ1) is 35.2. The molecule has 1 aliphatic heterocycles. The van der Waals surface area contributed by atoms with Crippen molar-refractivity contribution in [3.63, 3.8) is 0 Å². The summed E-state index contributed by atoms with van der Waals surface area (Å²) in [6, 6.07) is 0.457. The SMILES string of the molecule is CCN[C@@H]1CCN(C(=O)C[C@]23CCC[C@@H]2[C@H]2CCC4[C@@]5(C)CC[C@H](OC(=O)CC(C)(C)C(=O)O)C(C)(C)C5CC[C@@]4(C)[C@]2(C)CC3)C1. The second kappa shape index (κ2) is 12.0. The van der Waals surface area contributed by atoms with Crippen molar-refractivity contribution >= 4 is 17.8 Å². The molecule has 6 fully saturated rings. The quantitative estimate of drug-likeness (QED) is 0.259. The van der Waals surface area contributed by atoms with E-state index in [-0.39, 0.29) is 45.6 Å². The van der Waals surface area contributed by atoms with Crippen molar-refractivity contribution in [3.05, 3.63) is 0 Å². The maximum atomic E-state index is 13.8. The van der Waals surface area contributed by atoms with Crippen LogP contribution in [0.1, 0.15) is 145 Å². The number of likely N-dealkylation sites (N-methyl/N-ethyl adjacent to an activating group) is 1. The van der Waals surface area contributed by atoms with E-state index in [0.29, 0.717) is 35.6 Å². The molecule has 0 aromatic rings. The summed E-state index contributed by atoms with van der Waals surface area (Å²) in [7, 11) is 0. The molecule has 1 heterocycles. The van der Waals surface area contributed by atoms with Gasteiger partial charge in [-0.05, 0) is 136 Å². The normalized spacial score (nSPS) is 44.1. The van der Waals surface area contributed by atoms with Gasteiger partial charge in [-0.25, -0.2) is 0 Å². The Bertz CT molecular complexity index is 1250. The van der Waals surface area contributed by atoms with Crippen molar-refractivity contribution in [2.45, 2.75) is 157 Å². The molecular weight excluding hydrogens is 588 g/mol. The topological polar surface area (TPSA) is 95.9 Å². The highest BCUT2D eigenvalue weighted by Crippen LogP contribution is 2.77. The van der Waals surface area contributed by atoms with Crippen LogP contribution in [0.2, 0.25) is 0 Å². The number of carbonyl (C=O) groups excluding carboxylic acids is 2. The number of amides is 1. The van der Waals surface area contributed by atoms with Crippen LogP contribution < -0.4 is 5.32 Å². The Morgan fingerprint density at radius 2 is 1.60 bits per heavy atom. The third-order valence-corrected chi connectivity index (χ3v) is 16.5.